The van der Waals surface area contributed by atoms with Crippen LogP contribution in [0.1, 0.15) is 36.5 Å². The lowest BCUT2D eigenvalue weighted by molar-refractivity contribution is -0.132. The van der Waals surface area contributed by atoms with Crippen LogP contribution in [0.2, 0.25) is 0 Å². The molecule has 2 aromatic rings. The molecule has 2 aliphatic rings. The van der Waals surface area contributed by atoms with Crippen molar-refractivity contribution in [2.45, 2.75) is 38.4 Å². The van der Waals surface area contributed by atoms with Crippen LogP contribution < -0.4 is 14.2 Å². The third-order valence-corrected chi connectivity index (χ3v) is 5.64. The molecule has 0 aromatic heterocycles. The fraction of sp³-hybridized carbons (Fsp3) is 0.360. The van der Waals surface area contributed by atoms with E-state index in [1.807, 2.05) is 6.92 Å². The zero-order valence-electron chi connectivity index (χ0n) is 18.1. The Morgan fingerprint density at radius 1 is 1.00 bits per heavy atom. The number of ether oxygens (including phenoxy) is 5. The molecule has 4 rings (SSSR count). The van der Waals surface area contributed by atoms with Crippen LogP contribution in [0.3, 0.4) is 0 Å². The first kappa shape index (κ1) is 21.7. The van der Waals surface area contributed by atoms with E-state index in [0.717, 1.165) is 0 Å². The van der Waals surface area contributed by atoms with E-state index in [1.165, 1.54) is 6.26 Å². The number of methoxy groups -OCH3 is 1. The summed E-state index contributed by atoms with van der Waals surface area (Å²) in [6.45, 7) is 2.47. The smallest absolute Gasteiger partial charge is 0.338 e. The first-order chi connectivity index (χ1) is 15.6. The van der Waals surface area contributed by atoms with Crippen molar-refractivity contribution in [2.24, 2.45) is 5.92 Å². The number of hydrogen-bond donors (Lipinski definition) is 0. The summed E-state index contributed by atoms with van der Waals surface area (Å²) in [5, 5.41) is 0. The van der Waals surface area contributed by atoms with Gasteiger partial charge in [-0.2, -0.15) is 0 Å². The second kappa shape index (κ2) is 9.77. The van der Waals surface area contributed by atoms with Crippen molar-refractivity contribution >= 4 is 11.8 Å². The van der Waals surface area contributed by atoms with Gasteiger partial charge in [0.25, 0.3) is 0 Å². The summed E-state index contributed by atoms with van der Waals surface area (Å²) in [4.78, 5) is 25.4. The SMILES string of the molecule is CCOc1ccc(C(=O)OC2CCC3C(=O)C(Oc4ccc(OC)cc4)=COC3C2)cc1. The highest BCUT2D eigenvalue weighted by atomic mass is 16.6. The fourth-order valence-electron chi connectivity index (χ4n) is 3.96. The quantitative estimate of drug-likeness (QED) is 0.596. The molecule has 0 amide bonds. The van der Waals surface area contributed by atoms with Crippen molar-refractivity contribution in [1.29, 1.82) is 0 Å². The summed E-state index contributed by atoms with van der Waals surface area (Å²) in [5.74, 6) is 1.33. The Kier molecular flexibility index (Phi) is 6.63. The lowest BCUT2D eigenvalue weighted by atomic mass is 9.80. The van der Waals surface area contributed by atoms with Crippen molar-refractivity contribution in [3.05, 3.63) is 66.1 Å². The highest BCUT2D eigenvalue weighted by Crippen LogP contribution is 2.35. The van der Waals surface area contributed by atoms with Crippen LogP contribution in [-0.2, 0) is 14.3 Å². The lowest BCUT2D eigenvalue weighted by Gasteiger charge is -2.36. The summed E-state index contributed by atoms with van der Waals surface area (Å²) in [6.07, 6.45) is 2.34. The maximum absolute atomic E-state index is 12.9. The van der Waals surface area contributed by atoms with Crippen LogP contribution in [0.15, 0.2) is 60.6 Å². The maximum atomic E-state index is 12.9. The summed E-state index contributed by atoms with van der Waals surface area (Å²) in [6, 6.07) is 13.8. The zero-order valence-corrected chi connectivity index (χ0v) is 18.1. The molecule has 0 spiro atoms. The van der Waals surface area contributed by atoms with E-state index in [9.17, 15) is 9.59 Å². The average molecular weight is 438 g/mol. The van der Waals surface area contributed by atoms with Crippen LogP contribution in [0.4, 0.5) is 0 Å². The summed E-state index contributed by atoms with van der Waals surface area (Å²) < 4.78 is 27.7. The number of benzene rings is 2. The van der Waals surface area contributed by atoms with Crippen LogP contribution in [0, 0.1) is 5.92 Å². The fourth-order valence-corrected chi connectivity index (χ4v) is 3.96. The predicted octanol–water partition coefficient (Wildman–Crippen LogP) is 4.31. The number of fused-ring (bicyclic) bond motifs is 1. The Morgan fingerprint density at radius 2 is 1.69 bits per heavy atom. The summed E-state index contributed by atoms with van der Waals surface area (Å²) >= 11 is 0. The molecule has 2 aromatic carbocycles. The van der Waals surface area contributed by atoms with E-state index >= 15 is 0 Å². The standard InChI is InChI=1S/C25H26O7/c1-3-29-18-6-4-16(5-7-18)25(27)32-20-12-13-21-22(14-20)30-15-23(24(21)26)31-19-10-8-17(28-2)9-11-19/h4-11,15,20-22H,3,12-14H2,1-2H3. The average Bonchev–Trinajstić information content (AvgIpc) is 2.82. The van der Waals surface area contributed by atoms with Crippen LogP contribution >= 0.6 is 0 Å². The first-order valence-corrected chi connectivity index (χ1v) is 10.7. The van der Waals surface area contributed by atoms with Gasteiger partial charge in [0.15, 0.2) is 0 Å². The van der Waals surface area contributed by atoms with Gasteiger partial charge >= 0.3 is 5.97 Å². The Balaban J connectivity index is 1.34. The predicted molar refractivity (Wildman–Crippen MR) is 116 cm³/mol. The van der Waals surface area contributed by atoms with Gasteiger partial charge in [-0.25, -0.2) is 4.79 Å². The van der Waals surface area contributed by atoms with E-state index in [4.69, 9.17) is 23.7 Å². The van der Waals surface area contributed by atoms with Gasteiger partial charge in [0, 0.05) is 6.42 Å². The summed E-state index contributed by atoms with van der Waals surface area (Å²) in [5.41, 5.74) is 0.464. The number of esters is 1. The number of carbonyl (C=O) groups is 2. The molecule has 1 heterocycles. The highest BCUT2D eigenvalue weighted by Gasteiger charge is 2.42. The lowest BCUT2D eigenvalue weighted by Crippen LogP contribution is -2.43. The number of ketones is 1. The molecule has 7 heteroatoms. The summed E-state index contributed by atoms with van der Waals surface area (Å²) in [7, 11) is 1.59. The normalized spacial score (nSPS) is 22.1. The molecule has 168 valence electrons. The number of carbonyl (C=O) groups excluding carboxylic acids is 2. The second-order valence-corrected chi connectivity index (χ2v) is 7.70. The Bertz CT molecular complexity index is 978. The van der Waals surface area contributed by atoms with Crippen molar-refractivity contribution in [2.75, 3.05) is 13.7 Å². The molecule has 1 aliphatic heterocycles. The molecule has 7 nitrogen and oxygen atoms in total. The van der Waals surface area contributed by atoms with Crippen molar-refractivity contribution in [1.82, 2.24) is 0 Å². The van der Waals surface area contributed by atoms with Gasteiger partial charge in [-0.3, -0.25) is 4.79 Å². The number of hydrogen-bond acceptors (Lipinski definition) is 7. The van der Waals surface area contributed by atoms with Crippen LogP contribution in [0.5, 0.6) is 17.2 Å². The molecular formula is C25H26O7. The topological polar surface area (TPSA) is 80.3 Å². The number of allylic oxidation sites excluding steroid dienone is 1. The molecule has 0 bridgehead atoms. The van der Waals surface area contributed by atoms with Gasteiger partial charge in [-0.15, -0.1) is 0 Å². The molecular weight excluding hydrogens is 412 g/mol. The minimum absolute atomic E-state index is 0.0895. The van der Waals surface area contributed by atoms with Gasteiger partial charge in [-0.1, -0.05) is 0 Å². The molecule has 0 N–H and O–H groups in total. The van der Waals surface area contributed by atoms with E-state index in [-0.39, 0.29) is 29.7 Å². The van der Waals surface area contributed by atoms with Gasteiger partial charge in [0.2, 0.25) is 11.5 Å². The third-order valence-electron chi connectivity index (χ3n) is 5.64. The van der Waals surface area contributed by atoms with Gasteiger partial charge in [0.1, 0.15) is 35.7 Å². The molecule has 3 atom stereocenters. The Morgan fingerprint density at radius 3 is 2.38 bits per heavy atom. The van der Waals surface area contributed by atoms with Gasteiger partial charge < -0.3 is 23.7 Å². The van der Waals surface area contributed by atoms with E-state index in [0.29, 0.717) is 48.7 Å². The maximum Gasteiger partial charge on any atom is 0.338 e. The molecule has 32 heavy (non-hydrogen) atoms. The van der Waals surface area contributed by atoms with Crippen molar-refractivity contribution in [3.8, 4) is 17.2 Å². The van der Waals surface area contributed by atoms with Gasteiger partial charge in [0.05, 0.1) is 25.2 Å². The second-order valence-electron chi connectivity index (χ2n) is 7.70. The zero-order chi connectivity index (χ0) is 22.5. The monoisotopic (exact) mass is 438 g/mol. The number of Topliss-reactive ketones (excluding diaryl/α,β-unsaturated/α-hetero) is 1. The first-order valence-electron chi connectivity index (χ1n) is 10.7. The molecule has 1 saturated carbocycles. The molecule has 1 aliphatic carbocycles. The third kappa shape index (κ3) is 4.88. The van der Waals surface area contributed by atoms with Crippen molar-refractivity contribution < 1.29 is 33.3 Å². The molecule has 0 radical (unpaired) electrons. The molecule has 1 fully saturated rings. The Labute approximate surface area is 186 Å². The van der Waals surface area contributed by atoms with Crippen LogP contribution in [-0.4, -0.2) is 37.7 Å². The van der Waals surface area contributed by atoms with Gasteiger partial charge in [-0.05, 0) is 68.3 Å². The molecule has 0 saturated heterocycles. The molecule has 3 unspecified atom stereocenters. The minimum Gasteiger partial charge on any atom is -0.497 e. The highest BCUT2D eigenvalue weighted by molar-refractivity contribution is 5.96. The Hall–Kier alpha value is -3.48. The minimum atomic E-state index is -0.391. The van der Waals surface area contributed by atoms with E-state index in [2.05, 4.69) is 0 Å². The largest absolute Gasteiger partial charge is 0.497 e. The van der Waals surface area contributed by atoms with Crippen LogP contribution in [0.25, 0.3) is 0 Å². The van der Waals surface area contributed by atoms with E-state index < -0.39 is 5.97 Å². The van der Waals surface area contributed by atoms with E-state index in [1.54, 1.807) is 55.6 Å². The van der Waals surface area contributed by atoms with Crippen molar-refractivity contribution in [3.63, 3.8) is 0 Å². The number of rotatable bonds is 7.